The van der Waals surface area contributed by atoms with Gasteiger partial charge >= 0.3 is 0 Å². The van der Waals surface area contributed by atoms with Crippen LogP contribution in [0.1, 0.15) is 39.9 Å². The second-order valence-corrected chi connectivity index (χ2v) is 7.14. The molecule has 1 aliphatic rings. The lowest BCUT2D eigenvalue weighted by atomic mass is 9.86. The summed E-state index contributed by atoms with van der Waals surface area (Å²) in [6.45, 7) is 2.65. The van der Waals surface area contributed by atoms with E-state index in [-0.39, 0.29) is 17.7 Å². The van der Waals surface area contributed by atoms with Crippen LogP contribution in [-0.4, -0.2) is 33.0 Å². The number of carbonyl (C=O) groups is 2. The smallest absolute Gasteiger partial charge is 0.254 e. The Kier molecular flexibility index (Phi) is 4.69. The van der Waals surface area contributed by atoms with Crippen molar-refractivity contribution >= 4 is 17.5 Å². The van der Waals surface area contributed by atoms with Crippen LogP contribution in [0.5, 0.6) is 0 Å². The fourth-order valence-corrected chi connectivity index (χ4v) is 3.75. The van der Waals surface area contributed by atoms with E-state index in [1.807, 2.05) is 36.5 Å². The third-order valence-corrected chi connectivity index (χ3v) is 5.06. The van der Waals surface area contributed by atoms with Gasteiger partial charge in [-0.15, -0.1) is 0 Å². The first-order valence-corrected chi connectivity index (χ1v) is 9.24. The Morgan fingerprint density at radius 1 is 1.11 bits per heavy atom. The lowest BCUT2D eigenvalue weighted by Crippen LogP contribution is -2.38. The van der Waals surface area contributed by atoms with Gasteiger partial charge in [-0.2, -0.15) is 5.10 Å². The second-order valence-electron chi connectivity index (χ2n) is 7.14. The van der Waals surface area contributed by atoms with Gasteiger partial charge in [-0.25, -0.2) is 0 Å². The molecule has 0 saturated carbocycles. The zero-order valence-corrected chi connectivity index (χ0v) is 15.9. The molecule has 28 heavy (non-hydrogen) atoms. The van der Waals surface area contributed by atoms with Gasteiger partial charge in [0.15, 0.2) is 0 Å². The lowest BCUT2D eigenvalue weighted by Gasteiger charge is -2.34. The Labute approximate surface area is 163 Å². The van der Waals surface area contributed by atoms with Crippen molar-refractivity contribution in [3.8, 4) is 0 Å². The summed E-state index contributed by atoms with van der Waals surface area (Å²) in [6.07, 6.45) is 3.88. The van der Waals surface area contributed by atoms with E-state index in [2.05, 4.69) is 22.5 Å². The molecule has 0 aliphatic carbocycles. The maximum absolute atomic E-state index is 13.1. The Morgan fingerprint density at radius 2 is 1.86 bits per heavy atom. The van der Waals surface area contributed by atoms with Gasteiger partial charge in [0.05, 0.1) is 6.20 Å². The Morgan fingerprint density at radius 3 is 2.54 bits per heavy atom. The molecule has 2 amide bonds. The molecule has 0 radical (unpaired) electrons. The summed E-state index contributed by atoms with van der Waals surface area (Å²) < 4.78 is 1.79. The van der Waals surface area contributed by atoms with Crippen molar-refractivity contribution in [2.24, 2.45) is 7.05 Å². The number of aryl methyl sites for hydroxylation is 1. The zero-order valence-electron chi connectivity index (χ0n) is 15.9. The molecule has 0 fully saturated rings. The minimum absolute atomic E-state index is 0.0160. The van der Waals surface area contributed by atoms with Crippen molar-refractivity contribution in [2.75, 3.05) is 11.9 Å². The van der Waals surface area contributed by atoms with Gasteiger partial charge in [0.25, 0.3) is 5.91 Å². The molecule has 1 atom stereocenters. The van der Waals surface area contributed by atoms with Crippen molar-refractivity contribution in [2.45, 2.75) is 19.4 Å². The number of anilines is 1. The molecule has 6 heteroatoms. The number of carbonyl (C=O) groups excluding carboxylic acids is 2. The molecule has 0 spiro atoms. The molecule has 4 rings (SSSR count). The molecular formula is C22H22N4O2. The van der Waals surface area contributed by atoms with E-state index in [1.54, 1.807) is 28.9 Å². The fraction of sp³-hybridized carbons (Fsp3) is 0.227. The maximum Gasteiger partial charge on any atom is 0.254 e. The second kappa shape index (κ2) is 7.31. The van der Waals surface area contributed by atoms with Gasteiger partial charge in [0.1, 0.15) is 0 Å². The number of hydrogen-bond donors (Lipinski definition) is 1. The first kappa shape index (κ1) is 18.0. The van der Waals surface area contributed by atoms with E-state index < -0.39 is 0 Å². The van der Waals surface area contributed by atoms with Crippen LogP contribution >= 0.6 is 0 Å². The molecule has 3 aromatic rings. The van der Waals surface area contributed by atoms with Crippen molar-refractivity contribution in [1.29, 1.82) is 0 Å². The molecular weight excluding hydrogens is 352 g/mol. The topological polar surface area (TPSA) is 67.2 Å². The van der Waals surface area contributed by atoms with E-state index in [0.717, 1.165) is 11.1 Å². The summed E-state index contributed by atoms with van der Waals surface area (Å²) in [7, 11) is 1.90. The molecule has 1 aliphatic heterocycles. The van der Waals surface area contributed by atoms with Crippen LogP contribution in [0.4, 0.5) is 5.69 Å². The van der Waals surface area contributed by atoms with E-state index in [9.17, 15) is 9.59 Å². The van der Waals surface area contributed by atoms with Crippen molar-refractivity contribution in [3.05, 3.63) is 83.2 Å². The maximum atomic E-state index is 13.1. The molecule has 2 heterocycles. The van der Waals surface area contributed by atoms with E-state index in [4.69, 9.17) is 0 Å². The normalized spacial score (nSPS) is 15.8. The summed E-state index contributed by atoms with van der Waals surface area (Å²) in [5, 5.41) is 7.03. The van der Waals surface area contributed by atoms with Crippen molar-refractivity contribution in [1.82, 2.24) is 14.7 Å². The molecule has 1 aromatic heterocycles. The highest BCUT2D eigenvalue weighted by molar-refractivity contribution is 5.95. The lowest BCUT2D eigenvalue weighted by molar-refractivity contribution is -0.114. The number of benzene rings is 2. The molecule has 0 unspecified atom stereocenters. The standard InChI is InChI=1S/C22H22N4O2/c1-15(27)24-19-9-7-16(8-10-19)22(28)26-13-17-5-3-4-6-20(17)21(14-26)18-11-23-25(2)12-18/h3-12,21H,13-14H2,1-2H3,(H,24,27)/t21-/m1/s1. The first-order valence-electron chi connectivity index (χ1n) is 9.24. The number of nitrogens with one attached hydrogen (secondary N) is 1. The number of rotatable bonds is 3. The molecule has 142 valence electrons. The molecule has 2 aromatic carbocycles. The van der Waals surface area contributed by atoms with Crippen LogP contribution in [0.3, 0.4) is 0 Å². The summed E-state index contributed by atoms with van der Waals surface area (Å²) in [5.74, 6) is -0.0509. The quantitative estimate of drug-likeness (QED) is 0.766. The SMILES string of the molecule is CC(=O)Nc1ccc(C(=O)N2Cc3ccccc3[C@@H](c3cnn(C)c3)C2)cc1. The fourth-order valence-electron chi connectivity index (χ4n) is 3.75. The highest BCUT2D eigenvalue weighted by Crippen LogP contribution is 2.34. The molecule has 6 nitrogen and oxygen atoms in total. The van der Waals surface area contributed by atoms with E-state index in [0.29, 0.717) is 24.3 Å². The predicted molar refractivity (Wildman–Crippen MR) is 107 cm³/mol. The van der Waals surface area contributed by atoms with Crippen molar-refractivity contribution in [3.63, 3.8) is 0 Å². The largest absolute Gasteiger partial charge is 0.333 e. The van der Waals surface area contributed by atoms with Crippen LogP contribution < -0.4 is 5.32 Å². The van der Waals surface area contributed by atoms with Gasteiger partial charge < -0.3 is 10.2 Å². The van der Waals surface area contributed by atoms with Crippen molar-refractivity contribution < 1.29 is 9.59 Å². The van der Waals surface area contributed by atoms with Gasteiger partial charge in [-0.3, -0.25) is 14.3 Å². The van der Waals surface area contributed by atoms with Crippen LogP contribution in [0.2, 0.25) is 0 Å². The van der Waals surface area contributed by atoms with Crippen LogP contribution in [-0.2, 0) is 18.4 Å². The van der Waals surface area contributed by atoms with Gasteiger partial charge in [0, 0.05) is 50.4 Å². The first-order chi connectivity index (χ1) is 13.5. The zero-order chi connectivity index (χ0) is 19.7. The molecule has 0 saturated heterocycles. The monoisotopic (exact) mass is 374 g/mol. The summed E-state index contributed by atoms with van der Waals surface area (Å²) >= 11 is 0. The summed E-state index contributed by atoms with van der Waals surface area (Å²) in [5.41, 5.74) is 4.81. The minimum Gasteiger partial charge on any atom is -0.333 e. The average Bonchev–Trinajstić information content (AvgIpc) is 3.13. The third-order valence-electron chi connectivity index (χ3n) is 5.06. The van der Waals surface area contributed by atoms with Crippen LogP contribution in [0, 0.1) is 0 Å². The predicted octanol–water partition coefficient (Wildman–Crippen LogP) is 3.17. The number of aromatic nitrogens is 2. The van der Waals surface area contributed by atoms with E-state index in [1.165, 1.54) is 12.5 Å². The molecule has 1 N–H and O–H groups in total. The number of amides is 2. The third kappa shape index (κ3) is 3.53. The molecule has 0 bridgehead atoms. The highest BCUT2D eigenvalue weighted by Gasteiger charge is 2.30. The summed E-state index contributed by atoms with van der Waals surface area (Å²) in [6, 6.07) is 15.3. The number of hydrogen-bond acceptors (Lipinski definition) is 3. The Balaban J connectivity index is 1.61. The van der Waals surface area contributed by atoms with E-state index >= 15 is 0 Å². The Hall–Kier alpha value is -3.41. The highest BCUT2D eigenvalue weighted by atomic mass is 16.2. The van der Waals surface area contributed by atoms with Gasteiger partial charge in [0.2, 0.25) is 5.91 Å². The number of nitrogens with zero attached hydrogens (tertiary/aromatic N) is 3. The van der Waals surface area contributed by atoms with Crippen LogP contribution in [0.15, 0.2) is 60.9 Å². The summed E-state index contributed by atoms with van der Waals surface area (Å²) in [4.78, 5) is 26.2. The van der Waals surface area contributed by atoms with Crippen LogP contribution in [0.25, 0.3) is 0 Å². The van der Waals surface area contributed by atoms with Gasteiger partial charge in [-0.1, -0.05) is 24.3 Å². The Bertz CT molecular complexity index is 1020. The number of fused-ring (bicyclic) bond motifs is 1. The van der Waals surface area contributed by atoms with Gasteiger partial charge in [-0.05, 0) is 41.0 Å². The average molecular weight is 374 g/mol. The minimum atomic E-state index is -0.133.